The number of carbonyl (C=O) groups is 1. The van der Waals surface area contributed by atoms with Gasteiger partial charge < -0.3 is 14.4 Å². The molecular formula is C25H35N3O5S. The minimum atomic E-state index is -3.82. The molecule has 0 unspecified atom stereocenters. The Labute approximate surface area is 202 Å². The van der Waals surface area contributed by atoms with Crippen molar-refractivity contribution in [2.45, 2.75) is 37.8 Å². The van der Waals surface area contributed by atoms with Gasteiger partial charge in [-0.3, -0.25) is 14.4 Å². The molecule has 0 saturated carbocycles. The number of hydrogen-bond donors (Lipinski definition) is 1. The third kappa shape index (κ3) is 5.89. The van der Waals surface area contributed by atoms with Gasteiger partial charge in [0, 0.05) is 39.0 Å². The average Bonchev–Trinajstić information content (AvgIpc) is 2.79. The van der Waals surface area contributed by atoms with E-state index in [1.54, 1.807) is 62.4 Å². The van der Waals surface area contributed by atoms with Gasteiger partial charge in [-0.1, -0.05) is 25.1 Å². The van der Waals surface area contributed by atoms with Crippen molar-refractivity contribution in [3.05, 3.63) is 53.6 Å². The first kappa shape index (κ1) is 26.0. The van der Waals surface area contributed by atoms with Crippen molar-refractivity contribution in [1.29, 1.82) is 0 Å². The number of carbonyl (C=O) groups excluding carboxylic acids is 1. The Hall–Kier alpha value is -2.62. The van der Waals surface area contributed by atoms with Crippen LogP contribution in [0, 0.1) is 12.8 Å². The molecule has 2 aromatic rings. The number of ether oxygens (including phenoxy) is 2. The zero-order valence-electron chi connectivity index (χ0n) is 20.7. The number of nitrogens with one attached hydrogen (secondary N) is 1. The lowest BCUT2D eigenvalue weighted by atomic mass is 10.0. The highest BCUT2D eigenvalue weighted by Gasteiger charge is 2.27. The first-order valence-corrected chi connectivity index (χ1v) is 12.9. The van der Waals surface area contributed by atoms with Gasteiger partial charge in [-0.25, -0.2) is 8.42 Å². The Morgan fingerprint density at radius 2 is 1.79 bits per heavy atom. The highest BCUT2D eigenvalue weighted by Crippen LogP contribution is 2.28. The highest BCUT2D eigenvalue weighted by molar-refractivity contribution is 7.92. The number of rotatable bonds is 4. The molecule has 0 fully saturated rings. The monoisotopic (exact) mass is 489 g/mol. The maximum Gasteiger partial charge on any atom is 0.262 e. The van der Waals surface area contributed by atoms with E-state index in [1.165, 1.54) is 6.07 Å². The third-order valence-corrected chi connectivity index (χ3v) is 7.93. The number of fused-ring (bicyclic) bond motifs is 1. The number of hydrogen-bond acceptors (Lipinski definition) is 6. The summed E-state index contributed by atoms with van der Waals surface area (Å²) >= 11 is 0. The van der Waals surface area contributed by atoms with Gasteiger partial charge in [-0.2, -0.15) is 0 Å². The van der Waals surface area contributed by atoms with E-state index in [9.17, 15) is 13.2 Å². The second-order valence-corrected chi connectivity index (χ2v) is 10.8. The van der Waals surface area contributed by atoms with E-state index in [-0.39, 0.29) is 28.9 Å². The Bertz CT molecular complexity index is 1120. The van der Waals surface area contributed by atoms with E-state index in [0.29, 0.717) is 35.7 Å². The molecule has 1 heterocycles. The molecule has 1 N–H and O–H groups in total. The molecule has 186 valence electrons. The van der Waals surface area contributed by atoms with Gasteiger partial charge in [-0.15, -0.1) is 0 Å². The molecule has 3 rings (SSSR count). The molecule has 0 spiro atoms. The van der Waals surface area contributed by atoms with Crippen molar-refractivity contribution >= 4 is 21.6 Å². The maximum absolute atomic E-state index is 13.4. The zero-order valence-corrected chi connectivity index (χ0v) is 21.6. The van der Waals surface area contributed by atoms with Crippen LogP contribution in [0.2, 0.25) is 0 Å². The van der Waals surface area contributed by atoms with Gasteiger partial charge in [0.15, 0.2) is 0 Å². The Morgan fingerprint density at radius 1 is 1.09 bits per heavy atom. The van der Waals surface area contributed by atoms with Gasteiger partial charge in [0.25, 0.3) is 15.9 Å². The molecule has 9 heteroatoms. The van der Waals surface area contributed by atoms with E-state index in [2.05, 4.69) is 23.5 Å². The van der Waals surface area contributed by atoms with Crippen molar-refractivity contribution in [1.82, 2.24) is 9.80 Å². The number of nitrogens with zero attached hydrogens (tertiary/aromatic N) is 2. The van der Waals surface area contributed by atoms with Crippen LogP contribution in [0.3, 0.4) is 0 Å². The summed E-state index contributed by atoms with van der Waals surface area (Å²) in [4.78, 5) is 17.4. The summed E-state index contributed by atoms with van der Waals surface area (Å²) < 4.78 is 40.3. The van der Waals surface area contributed by atoms with Crippen molar-refractivity contribution in [3.63, 3.8) is 0 Å². The van der Waals surface area contributed by atoms with Crippen LogP contribution in [0.15, 0.2) is 47.4 Å². The van der Waals surface area contributed by atoms with Crippen molar-refractivity contribution < 1.29 is 22.7 Å². The second kappa shape index (κ2) is 10.8. The van der Waals surface area contributed by atoms with E-state index in [4.69, 9.17) is 9.47 Å². The SMILES string of the molecule is CO[C@@H]1CN(C)C(=O)c2cc(NS(=O)(=O)c3ccccc3C)ccc2OC[C@H](C)N(C)C[C@H]1C. The normalized spacial score (nSPS) is 22.8. The fourth-order valence-corrected chi connectivity index (χ4v) is 5.39. The summed E-state index contributed by atoms with van der Waals surface area (Å²) in [5.41, 5.74) is 1.23. The number of aryl methyl sites for hydroxylation is 1. The van der Waals surface area contributed by atoms with Crippen LogP contribution in [0.5, 0.6) is 5.75 Å². The fraction of sp³-hybridized carbons (Fsp3) is 0.480. The number of methoxy groups -OCH3 is 1. The first-order chi connectivity index (χ1) is 16.0. The number of anilines is 1. The Balaban J connectivity index is 1.97. The quantitative estimate of drug-likeness (QED) is 0.710. The van der Waals surface area contributed by atoms with Crippen molar-refractivity contribution in [2.75, 3.05) is 45.6 Å². The largest absolute Gasteiger partial charge is 0.491 e. The van der Waals surface area contributed by atoms with Crippen molar-refractivity contribution in [3.8, 4) is 5.75 Å². The standard InChI is InChI=1S/C25H35N3O5S/c1-17-9-7-8-10-24(17)34(30,31)26-20-11-12-22-21(13-20)25(29)28(5)15-23(32-6)18(2)14-27(4)19(3)16-33-22/h7-13,18-19,23,26H,14-16H2,1-6H3/t18-,19+,23-/m1/s1. The van der Waals surface area contributed by atoms with Gasteiger partial charge in [0.1, 0.15) is 12.4 Å². The molecule has 0 aliphatic carbocycles. The highest BCUT2D eigenvalue weighted by atomic mass is 32.2. The molecule has 0 bridgehead atoms. The molecule has 0 saturated heterocycles. The van der Waals surface area contributed by atoms with Gasteiger partial charge in [-0.05, 0) is 56.6 Å². The lowest BCUT2D eigenvalue weighted by Gasteiger charge is -2.34. The summed E-state index contributed by atoms with van der Waals surface area (Å²) in [6.45, 7) is 7.51. The summed E-state index contributed by atoms with van der Waals surface area (Å²) in [7, 11) is 1.60. The van der Waals surface area contributed by atoms with E-state index in [0.717, 1.165) is 6.54 Å². The number of benzene rings is 2. The van der Waals surface area contributed by atoms with Crippen molar-refractivity contribution in [2.24, 2.45) is 5.92 Å². The van der Waals surface area contributed by atoms with Gasteiger partial charge in [0.05, 0.1) is 16.6 Å². The minimum absolute atomic E-state index is 0.110. The average molecular weight is 490 g/mol. The molecular weight excluding hydrogens is 454 g/mol. The lowest BCUT2D eigenvalue weighted by molar-refractivity contribution is 0.0150. The van der Waals surface area contributed by atoms with Crippen LogP contribution in [0.4, 0.5) is 5.69 Å². The summed E-state index contributed by atoms with van der Waals surface area (Å²) in [5.74, 6) is 0.347. The minimum Gasteiger partial charge on any atom is -0.491 e. The molecule has 1 aliphatic heterocycles. The van der Waals surface area contributed by atoms with Crippen LogP contribution in [-0.4, -0.2) is 77.2 Å². The smallest absolute Gasteiger partial charge is 0.262 e. The van der Waals surface area contributed by atoms with Crippen LogP contribution >= 0.6 is 0 Å². The summed E-state index contributed by atoms with van der Waals surface area (Å²) in [5, 5.41) is 0. The molecule has 0 radical (unpaired) electrons. The van der Waals surface area contributed by atoms with Gasteiger partial charge >= 0.3 is 0 Å². The number of sulfonamides is 1. The van der Waals surface area contributed by atoms with E-state index >= 15 is 0 Å². The molecule has 3 atom stereocenters. The molecule has 1 aliphatic rings. The van der Waals surface area contributed by atoms with Crippen LogP contribution in [0.25, 0.3) is 0 Å². The third-order valence-electron chi connectivity index (χ3n) is 6.39. The van der Waals surface area contributed by atoms with E-state index in [1.807, 2.05) is 7.05 Å². The zero-order chi connectivity index (χ0) is 25.0. The van der Waals surface area contributed by atoms with Crippen LogP contribution in [-0.2, 0) is 14.8 Å². The summed E-state index contributed by atoms with van der Waals surface area (Å²) in [6.07, 6.45) is -0.143. The predicted molar refractivity (Wildman–Crippen MR) is 133 cm³/mol. The topological polar surface area (TPSA) is 88.2 Å². The van der Waals surface area contributed by atoms with E-state index < -0.39 is 10.0 Å². The lowest BCUT2D eigenvalue weighted by Crippen LogP contribution is -2.45. The van der Waals surface area contributed by atoms with Gasteiger partial charge in [0.2, 0.25) is 0 Å². The molecule has 0 aromatic heterocycles. The first-order valence-electron chi connectivity index (χ1n) is 11.4. The molecule has 2 aromatic carbocycles. The molecule has 1 amide bonds. The summed E-state index contributed by atoms with van der Waals surface area (Å²) in [6, 6.07) is 11.7. The number of likely N-dealkylation sites (N-methyl/N-ethyl adjacent to an activating group) is 2. The maximum atomic E-state index is 13.4. The molecule has 34 heavy (non-hydrogen) atoms. The van der Waals surface area contributed by atoms with Crippen LogP contribution in [0.1, 0.15) is 29.8 Å². The Morgan fingerprint density at radius 3 is 2.47 bits per heavy atom. The number of amides is 1. The molecule has 8 nitrogen and oxygen atoms in total. The van der Waals surface area contributed by atoms with Crippen LogP contribution < -0.4 is 9.46 Å². The fourth-order valence-electron chi connectivity index (χ4n) is 4.09. The Kier molecular flexibility index (Phi) is 8.22. The predicted octanol–water partition coefficient (Wildman–Crippen LogP) is 3.23. The second-order valence-electron chi connectivity index (χ2n) is 9.12.